The molecule has 2 heterocycles. The van der Waals surface area contributed by atoms with Gasteiger partial charge in [-0.1, -0.05) is 41.9 Å². The lowest BCUT2D eigenvalue weighted by Crippen LogP contribution is -2.40. The highest BCUT2D eigenvalue weighted by atomic mass is 35.5. The molecule has 1 aliphatic heterocycles. The number of aldehydes is 1. The third-order valence-corrected chi connectivity index (χ3v) is 4.73. The number of ether oxygens (including phenoxy) is 1. The molecule has 0 atom stereocenters. The van der Waals surface area contributed by atoms with Crippen LogP contribution in [-0.4, -0.2) is 37.1 Å². The lowest BCUT2D eigenvalue weighted by molar-refractivity contribution is -0.113. The standard InChI is InChI=1S/C16H16ClFN2.C5H10O2/c17-14-12-19-9-6-15(14)20-10-7-16(18,8-11-20)13-4-2-1-3-5-13;1-5(2)7-4-3-6/h1-6,9,12H,7-8,10-11H2;3,5H,4H2,1-2H3. The van der Waals surface area contributed by atoms with Crippen LogP contribution in [-0.2, 0) is 15.2 Å². The van der Waals surface area contributed by atoms with Gasteiger partial charge in [-0.3, -0.25) is 4.98 Å². The van der Waals surface area contributed by atoms with E-state index in [0.29, 0.717) is 31.0 Å². The van der Waals surface area contributed by atoms with Gasteiger partial charge in [-0.05, 0) is 25.5 Å². The number of nitrogens with zero attached hydrogens (tertiary/aromatic N) is 2. The van der Waals surface area contributed by atoms with Crippen molar-refractivity contribution in [1.29, 1.82) is 0 Å². The van der Waals surface area contributed by atoms with Crippen LogP contribution in [0.15, 0.2) is 48.8 Å². The fourth-order valence-electron chi connectivity index (χ4n) is 2.98. The molecule has 146 valence electrons. The number of halogens is 2. The minimum atomic E-state index is -1.22. The van der Waals surface area contributed by atoms with Crippen LogP contribution in [0.5, 0.6) is 0 Å². The normalized spacial score (nSPS) is 15.8. The number of pyridine rings is 1. The van der Waals surface area contributed by atoms with Crippen molar-refractivity contribution in [2.24, 2.45) is 0 Å². The fraction of sp³-hybridized carbons (Fsp3) is 0.429. The quantitative estimate of drug-likeness (QED) is 0.685. The van der Waals surface area contributed by atoms with Crippen LogP contribution in [0.3, 0.4) is 0 Å². The molecular weight excluding hydrogens is 367 g/mol. The largest absolute Gasteiger partial charge is 0.371 e. The summed E-state index contributed by atoms with van der Waals surface area (Å²) in [6.07, 6.45) is 5.23. The van der Waals surface area contributed by atoms with E-state index in [4.69, 9.17) is 16.3 Å². The van der Waals surface area contributed by atoms with E-state index < -0.39 is 5.67 Å². The Bertz CT molecular complexity index is 704. The van der Waals surface area contributed by atoms with Gasteiger partial charge in [-0.25, -0.2) is 4.39 Å². The molecule has 1 saturated heterocycles. The maximum atomic E-state index is 15.0. The summed E-state index contributed by atoms with van der Waals surface area (Å²) in [6, 6.07) is 11.3. The molecule has 1 aliphatic rings. The summed E-state index contributed by atoms with van der Waals surface area (Å²) in [6.45, 7) is 5.33. The first-order valence-corrected chi connectivity index (χ1v) is 9.48. The molecule has 2 aromatic rings. The van der Waals surface area contributed by atoms with Crippen molar-refractivity contribution in [3.63, 3.8) is 0 Å². The Labute approximate surface area is 165 Å². The fourth-order valence-corrected chi connectivity index (χ4v) is 3.22. The number of aromatic nitrogens is 1. The summed E-state index contributed by atoms with van der Waals surface area (Å²) in [4.78, 5) is 15.7. The van der Waals surface area contributed by atoms with E-state index in [9.17, 15) is 4.79 Å². The van der Waals surface area contributed by atoms with E-state index in [0.717, 1.165) is 17.5 Å². The Hall–Kier alpha value is -1.98. The molecule has 0 amide bonds. The zero-order valence-electron chi connectivity index (χ0n) is 15.8. The molecule has 27 heavy (non-hydrogen) atoms. The number of benzene rings is 1. The second-order valence-corrected chi connectivity index (χ2v) is 7.10. The highest BCUT2D eigenvalue weighted by Gasteiger charge is 2.36. The Kier molecular flexibility index (Phi) is 8.20. The molecule has 0 saturated carbocycles. The zero-order valence-corrected chi connectivity index (χ0v) is 16.5. The molecule has 4 nitrogen and oxygen atoms in total. The van der Waals surface area contributed by atoms with Crippen molar-refractivity contribution >= 4 is 23.6 Å². The number of hydrogen-bond donors (Lipinski definition) is 0. The van der Waals surface area contributed by atoms with Gasteiger partial charge >= 0.3 is 0 Å². The van der Waals surface area contributed by atoms with E-state index >= 15 is 4.39 Å². The van der Waals surface area contributed by atoms with Gasteiger partial charge in [0.2, 0.25) is 0 Å². The van der Waals surface area contributed by atoms with Gasteiger partial charge in [0.25, 0.3) is 0 Å². The van der Waals surface area contributed by atoms with Crippen LogP contribution in [0.25, 0.3) is 0 Å². The predicted octanol–water partition coefficient (Wildman–Crippen LogP) is 4.81. The third kappa shape index (κ3) is 6.29. The van der Waals surface area contributed by atoms with Crippen molar-refractivity contribution in [1.82, 2.24) is 4.98 Å². The van der Waals surface area contributed by atoms with E-state index in [2.05, 4.69) is 9.88 Å². The number of carbonyl (C=O) groups is 1. The topological polar surface area (TPSA) is 42.4 Å². The molecule has 0 aliphatic carbocycles. The van der Waals surface area contributed by atoms with Crippen molar-refractivity contribution in [2.75, 3.05) is 24.6 Å². The molecule has 3 rings (SSSR count). The molecule has 0 spiro atoms. The Balaban J connectivity index is 0.000000321. The Morgan fingerprint density at radius 3 is 2.44 bits per heavy atom. The minimum Gasteiger partial charge on any atom is -0.371 e. The molecule has 0 unspecified atom stereocenters. The van der Waals surface area contributed by atoms with Crippen molar-refractivity contribution in [3.8, 4) is 0 Å². The molecule has 6 heteroatoms. The van der Waals surface area contributed by atoms with Crippen LogP contribution in [0, 0.1) is 0 Å². The maximum absolute atomic E-state index is 15.0. The second kappa shape index (κ2) is 10.4. The smallest absolute Gasteiger partial charge is 0.145 e. The third-order valence-electron chi connectivity index (χ3n) is 4.44. The highest BCUT2D eigenvalue weighted by Crippen LogP contribution is 2.39. The molecule has 0 N–H and O–H groups in total. The summed E-state index contributed by atoms with van der Waals surface area (Å²) in [5.41, 5.74) is 0.495. The zero-order chi connectivity index (χ0) is 19.7. The van der Waals surface area contributed by atoms with E-state index in [1.807, 2.05) is 50.2 Å². The minimum absolute atomic E-state index is 0.171. The van der Waals surface area contributed by atoms with Crippen LogP contribution < -0.4 is 4.90 Å². The SMILES string of the molecule is CC(C)OCC=O.FC1(c2ccccc2)CCN(c2ccncc2Cl)CC1. The molecular formula is C21H26ClFN2O2. The summed E-state index contributed by atoms with van der Waals surface area (Å²) >= 11 is 6.15. The average molecular weight is 393 g/mol. The first kappa shape index (κ1) is 21.3. The molecule has 0 radical (unpaired) electrons. The van der Waals surface area contributed by atoms with Crippen molar-refractivity contribution in [3.05, 3.63) is 59.4 Å². The van der Waals surface area contributed by atoms with Crippen molar-refractivity contribution < 1.29 is 13.9 Å². The van der Waals surface area contributed by atoms with Gasteiger partial charge < -0.3 is 14.4 Å². The van der Waals surface area contributed by atoms with Gasteiger partial charge in [0.05, 0.1) is 16.8 Å². The average Bonchev–Trinajstić information content (AvgIpc) is 2.69. The van der Waals surface area contributed by atoms with Crippen LogP contribution in [0.4, 0.5) is 10.1 Å². The lowest BCUT2D eigenvalue weighted by Gasteiger charge is -2.38. The first-order valence-electron chi connectivity index (χ1n) is 9.10. The Morgan fingerprint density at radius 1 is 1.26 bits per heavy atom. The molecule has 1 aromatic heterocycles. The predicted molar refractivity (Wildman–Crippen MR) is 107 cm³/mol. The molecule has 1 fully saturated rings. The van der Waals surface area contributed by atoms with E-state index in [-0.39, 0.29) is 12.7 Å². The van der Waals surface area contributed by atoms with Gasteiger partial charge in [-0.15, -0.1) is 0 Å². The van der Waals surface area contributed by atoms with Gasteiger partial charge in [0.1, 0.15) is 18.6 Å². The number of anilines is 1. The number of alkyl halides is 1. The van der Waals surface area contributed by atoms with Crippen molar-refractivity contribution in [2.45, 2.75) is 38.5 Å². The lowest BCUT2D eigenvalue weighted by atomic mass is 9.86. The number of carbonyl (C=O) groups excluding carboxylic acids is 1. The summed E-state index contributed by atoms with van der Waals surface area (Å²) in [5.74, 6) is 0. The van der Waals surface area contributed by atoms with Crippen LogP contribution in [0.2, 0.25) is 5.02 Å². The van der Waals surface area contributed by atoms with E-state index in [1.54, 1.807) is 12.4 Å². The first-order chi connectivity index (χ1) is 13.0. The molecule has 0 bridgehead atoms. The van der Waals surface area contributed by atoms with Crippen LogP contribution >= 0.6 is 11.6 Å². The van der Waals surface area contributed by atoms with Crippen LogP contribution in [0.1, 0.15) is 32.3 Å². The number of rotatable bonds is 5. The Morgan fingerprint density at radius 2 is 1.93 bits per heavy atom. The number of hydrogen-bond acceptors (Lipinski definition) is 4. The molecule has 1 aromatic carbocycles. The van der Waals surface area contributed by atoms with Gasteiger partial charge in [-0.2, -0.15) is 0 Å². The summed E-state index contributed by atoms with van der Waals surface area (Å²) < 4.78 is 19.8. The van der Waals surface area contributed by atoms with E-state index in [1.165, 1.54) is 0 Å². The summed E-state index contributed by atoms with van der Waals surface area (Å²) in [7, 11) is 0. The maximum Gasteiger partial charge on any atom is 0.145 e. The highest BCUT2D eigenvalue weighted by molar-refractivity contribution is 6.33. The second-order valence-electron chi connectivity index (χ2n) is 6.69. The number of piperidine rings is 1. The summed E-state index contributed by atoms with van der Waals surface area (Å²) in [5, 5.41) is 0.624. The monoisotopic (exact) mass is 392 g/mol. The van der Waals surface area contributed by atoms with Gasteiger partial charge in [0.15, 0.2) is 0 Å². The van der Waals surface area contributed by atoms with Gasteiger partial charge in [0, 0.05) is 38.3 Å².